The Kier molecular flexibility index (Phi) is 2.82. The van der Waals surface area contributed by atoms with Crippen LogP contribution < -0.4 is 5.32 Å². The van der Waals surface area contributed by atoms with Crippen LogP contribution in [0.15, 0.2) is 0 Å². The molecule has 0 saturated carbocycles. The number of hydrogen-bond acceptors (Lipinski definition) is 3. The molecule has 1 amide bonds. The number of carbonyl (C=O) groups excluding carboxylic acids is 2. The molecule has 4 heteroatoms. The van der Waals surface area contributed by atoms with E-state index in [1.54, 1.807) is 0 Å². The molecule has 78 valence electrons. The number of likely N-dealkylation sites (tertiary alicyclic amines) is 1. The molecular weight excluding hydrogens is 180 g/mol. The molecule has 2 aliphatic heterocycles. The van der Waals surface area contributed by atoms with E-state index < -0.39 is 0 Å². The first-order valence-corrected chi connectivity index (χ1v) is 5.27. The summed E-state index contributed by atoms with van der Waals surface area (Å²) in [6.45, 7) is 2.42. The number of nitrogens with one attached hydrogen (secondary N) is 1. The van der Waals surface area contributed by atoms with Gasteiger partial charge in [-0.25, -0.2) is 0 Å². The van der Waals surface area contributed by atoms with Crippen molar-refractivity contribution in [2.75, 3.05) is 19.6 Å². The average Bonchev–Trinajstić information content (AvgIpc) is 2.51. The molecule has 0 radical (unpaired) electrons. The van der Waals surface area contributed by atoms with E-state index in [9.17, 15) is 9.59 Å². The van der Waals surface area contributed by atoms with Crippen LogP contribution >= 0.6 is 0 Å². The molecule has 1 unspecified atom stereocenters. The molecule has 0 spiro atoms. The Morgan fingerprint density at radius 1 is 1.36 bits per heavy atom. The summed E-state index contributed by atoms with van der Waals surface area (Å²) in [6.07, 6.45) is 3.27. The molecule has 1 atom stereocenters. The lowest BCUT2D eigenvalue weighted by Crippen LogP contribution is -2.43. The number of amides is 1. The number of rotatable bonds is 2. The minimum Gasteiger partial charge on any atom is -0.352 e. The smallest absolute Gasteiger partial charge is 0.220 e. The summed E-state index contributed by atoms with van der Waals surface area (Å²) in [5, 5.41) is 2.92. The van der Waals surface area contributed by atoms with Crippen LogP contribution in [0.2, 0.25) is 0 Å². The molecular formula is C10H16N2O2. The fourth-order valence-electron chi connectivity index (χ4n) is 2.19. The molecule has 0 aromatic carbocycles. The van der Waals surface area contributed by atoms with E-state index in [0.717, 1.165) is 32.4 Å². The molecule has 14 heavy (non-hydrogen) atoms. The van der Waals surface area contributed by atoms with Gasteiger partial charge in [-0.1, -0.05) is 0 Å². The second-order valence-corrected chi connectivity index (χ2v) is 4.18. The lowest BCUT2D eigenvalue weighted by molar-refractivity contribution is -0.122. The molecule has 2 aliphatic rings. The number of Topliss-reactive ketones (excluding diaryl/α,β-unsaturated/α-hetero) is 1. The van der Waals surface area contributed by atoms with E-state index in [1.807, 2.05) is 0 Å². The first-order valence-electron chi connectivity index (χ1n) is 5.27. The van der Waals surface area contributed by atoms with Crippen molar-refractivity contribution >= 4 is 11.7 Å². The number of carbonyl (C=O) groups is 2. The third-order valence-electron chi connectivity index (χ3n) is 2.89. The Morgan fingerprint density at radius 3 is 2.86 bits per heavy atom. The fourth-order valence-corrected chi connectivity index (χ4v) is 2.19. The van der Waals surface area contributed by atoms with Crippen LogP contribution in [0.25, 0.3) is 0 Å². The molecule has 0 aliphatic carbocycles. The minimum atomic E-state index is 0.151. The summed E-state index contributed by atoms with van der Waals surface area (Å²) >= 11 is 0. The molecule has 4 nitrogen and oxygen atoms in total. The van der Waals surface area contributed by atoms with Gasteiger partial charge < -0.3 is 5.32 Å². The van der Waals surface area contributed by atoms with Gasteiger partial charge in [0.25, 0.3) is 0 Å². The summed E-state index contributed by atoms with van der Waals surface area (Å²) in [7, 11) is 0. The van der Waals surface area contributed by atoms with Crippen LogP contribution in [-0.2, 0) is 9.59 Å². The van der Waals surface area contributed by atoms with Crippen LogP contribution in [0, 0.1) is 0 Å². The maximum Gasteiger partial charge on any atom is 0.220 e. The second-order valence-electron chi connectivity index (χ2n) is 4.18. The summed E-state index contributed by atoms with van der Waals surface area (Å²) in [5.41, 5.74) is 0. The van der Waals surface area contributed by atoms with Crippen molar-refractivity contribution in [2.24, 2.45) is 0 Å². The Morgan fingerprint density at radius 2 is 2.21 bits per heavy atom. The van der Waals surface area contributed by atoms with Gasteiger partial charge in [0.05, 0.1) is 6.54 Å². The molecule has 1 N–H and O–H groups in total. The summed E-state index contributed by atoms with van der Waals surface area (Å²) < 4.78 is 0. The number of hydrogen-bond donors (Lipinski definition) is 1. The van der Waals surface area contributed by atoms with Gasteiger partial charge in [0.2, 0.25) is 5.91 Å². The van der Waals surface area contributed by atoms with Crippen molar-refractivity contribution in [3.05, 3.63) is 0 Å². The highest BCUT2D eigenvalue weighted by molar-refractivity contribution is 5.81. The minimum absolute atomic E-state index is 0.151. The number of ketones is 1. The standard InChI is InChI=1S/C10H16N2O2/c13-9-2-1-5-12(7-9)6-8-3-4-10(14)11-8/h8H,1-7H2,(H,11,14). The molecule has 2 rings (SSSR count). The van der Waals surface area contributed by atoms with Gasteiger partial charge in [0, 0.05) is 25.4 Å². The topological polar surface area (TPSA) is 49.4 Å². The largest absolute Gasteiger partial charge is 0.352 e. The van der Waals surface area contributed by atoms with Gasteiger partial charge in [0.1, 0.15) is 5.78 Å². The van der Waals surface area contributed by atoms with Crippen LogP contribution in [0.4, 0.5) is 0 Å². The van der Waals surface area contributed by atoms with E-state index >= 15 is 0 Å². The van der Waals surface area contributed by atoms with Crippen molar-refractivity contribution in [1.82, 2.24) is 10.2 Å². The van der Waals surface area contributed by atoms with Crippen molar-refractivity contribution in [2.45, 2.75) is 31.7 Å². The predicted molar refractivity (Wildman–Crippen MR) is 51.8 cm³/mol. The Labute approximate surface area is 83.6 Å². The van der Waals surface area contributed by atoms with Gasteiger partial charge in [-0.05, 0) is 19.4 Å². The van der Waals surface area contributed by atoms with Crippen molar-refractivity contribution in [3.63, 3.8) is 0 Å². The SMILES string of the molecule is O=C1CCCN(CC2CCC(=O)N2)C1. The van der Waals surface area contributed by atoms with Crippen LogP contribution in [0.3, 0.4) is 0 Å². The highest BCUT2D eigenvalue weighted by Crippen LogP contribution is 2.11. The van der Waals surface area contributed by atoms with Crippen molar-refractivity contribution in [1.29, 1.82) is 0 Å². The molecule has 2 fully saturated rings. The molecule has 2 saturated heterocycles. The first-order chi connectivity index (χ1) is 6.74. The third kappa shape index (κ3) is 2.32. The summed E-state index contributed by atoms with van der Waals surface area (Å²) in [4.78, 5) is 24.3. The van der Waals surface area contributed by atoms with E-state index in [2.05, 4.69) is 10.2 Å². The Bertz CT molecular complexity index is 253. The highest BCUT2D eigenvalue weighted by Gasteiger charge is 2.25. The summed E-state index contributed by atoms with van der Waals surface area (Å²) in [5.74, 6) is 0.485. The molecule has 2 heterocycles. The normalized spacial score (nSPS) is 29.3. The first kappa shape index (κ1) is 9.65. The lowest BCUT2D eigenvalue weighted by Gasteiger charge is -2.27. The van der Waals surface area contributed by atoms with E-state index in [0.29, 0.717) is 18.7 Å². The van der Waals surface area contributed by atoms with E-state index in [1.165, 1.54) is 0 Å². The maximum atomic E-state index is 11.2. The van der Waals surface area contributed by atoms with Gasteiger partial charge in [0.15, 0.2) is 0 Å². The van der Waals surface area contributed by atoms with E-state index in [-0.39, 0.29) is 11.9 Å². The average molecular weight is 196 g/mol. The highest BCUT2D eigenvalue weighted by atomic mass is 16.2. The molecule has 0 bridgehead atoms. The van der Waals surface area contributed by atoms with Gasteiger partial charge in [-0.15, -0.1) is 0 Å². The third-order valence-corrected chi connectivity index (χ3v) is 2.89. The van der Waals surface area contributed by atoms with Gasteiger partial charge in [-0.3, -0.25) is 14.5 Å². The van der Waals surface area contributed by atoms with Gasteiger partial charge in [-0.2, -0.15) is 0 Å². The zero-order chi connectivity index (χ0) is 9.97. The second kappa shape index (κ2) is 4.09. The molecule has 0 aromatic rings. The molecule has 0 aromatic heterocycles. The zero-order valence-electron chi connectivity index (χ0n) is 8.29. The van der Waals surface area contributed by atoms with Crippen molar-refractivity contribution < 1.29 is 9.59 Å². The lowest BCUT2D eigenvalue weighted by atomic mass is 10.1. The quantitative estimate of drug-likeness (QED) is 0.672. The van der Waals surface area contributed by atoms with E-state index in [4.69, 9.17) is 0 Å². The predicted octanol–water partition coefficient (Wildman–Crippen LogP) is -0.0701. The number of nitrogens with zero attached hydrogens (tertiary/aromatic N) is 1. The monoisotopic (exact) mass is 196 g/mol. The van der Waals surface area contributed by atoms with Crippen LogP contribution in [0.1, 0.15) is 25.7 Å². The zero-order valence-corrected chi connectivity index (χ0v) is 8.29. The van der Waals surface area contributed by atoms with Crippen LogP contribution in [-0.4, -0.2) is 42.3 Å². The van der Waals surface area contributed by atoms with Crippen molar-refractivity contribution in [3.8, 4) is 0 Å². The van der Waals surface area contributed by atoms with Crippen LogP contribution in [0.5, 0.6) is 0 Å². The Hall–Kier alpha value is -0.900. The maximum absolute atomic E-state index is 11.2. The fraction of sp³-hybridized carbons (Fsp3) is 0.800. The Balaban J connectivity index is 1.79. The summed E-state index contributed by atoms with van der Waals surface area (Å²) in [6, 6.07) is 0.272. The number of piperidine rings is 1. The van der Waals surface area contributed by atoms with Gasteiger partial charge >= 0.3 is 0 Å².